The molecule has 1 saturated heterocycles. The highest BCUT2D eigenvalue weighted by Crippen LogP contribution is 2.12. The molecule has 0 amide bonds. The van der Waals surface area contributed by atoms with Crippen LogP contribution >= 0.6 is 0 Å². The number of guanidine groups is 1. The molecule has 2 N–H and O–H groups in total. The molecule has 1 fully saturated rings. The first-order valence-electron chi connectivity index (χ1n) is 5.60. The minimum atomic E-state index is 0.661. The van der Waals surface area contributed by atoms with E-state index in [4.69, 9.17) is 0 Å². The molecule has 0 saturated carbocycles. The van der Waals surface area contributed by atoms with Crippen molar-refractivity contribution in [3.63, 3.8) is 0 Å². The lowest BCUT2D eigenvalue weighted by Gasteiger charge is -2.28. The maximum atomic E-state index is 4.45. The van der Waals surface area contributed by atoms with Crippen LogP contribution in [-0.4, -0.2) is 50.1 Å². The standard InChI is InChI=1S/C10H20N4/c1-14(10-12-7-8-13-10)9-3-2-5-11-6-4-9/h9,11H,2-8H2,1H3,(H,12,13). The van der Waals surface area contributed by atoms with Crippen LogP contribution in [0, 0.1) is 0 Å². The number of nitrogens with zero attached hydrogens (tertiary/aromatic N) is 2. The second-order valence-corrected chi connectivity index (χ2v) is 4.08. The van der Waals surface area contributed by atoms with Gasteiger partial charge in [0.2, 0.25) is 0 Å². The van der Waals surface area contributed by atoms with Gasteiger partial charge < -0.3 is 15.5 Å². The molecule has 14 heavy (non-hydrogen) atoms. The smallest absolute Gasteiger partial charge is 0.194 e. The lowest BCUT2D eigenvalue weighted by Crippen LogP contribution is -2.43. The van der Waals surface area contributed by atoms with Gasteiger partial charge in [0.25, 0.3) is 0 Å². The Morgan fingerprint density at radius 1 is 1.29 bits per heavy atom. The summed E-state index contributed by atoms with van der Waals surface area (Å²) in [6.45, 7) is 4.25. The highest BCUT2D eigenvalue weighted by Gasteiger charge is 2.20. The van der Waals surface area contributed by atoms with Gasteiger partial charge in [0.15, 0.2) is 5.96 Å². The first kappa shape index (κ1) is 9.77. The summed E-state index contributed by atoms with van der Waals surface area (Å²) in [7, 11) is 2.16. The van der Waals surface area contributed by atoms with Gasteiger partial charge in [-0.2, -0.15) is 0 Å². The molecule has 0 radical (unpaired) electrons. The molecule has 4 heteroatoms. The van der Waals surface area contributed by atoms with Gasteiger partial charge in [0, 0.05) is 19.6 Å². The number of aliphatic imine (C=N–C) groups is 1. The third-order valence-corrected chi connectivity index (χ3v) is 3.08. The Balaban J connectivity index is 1.91. The fourth-order valence-corrected chi connectivity index (χ4v) is 2.18. The molecule has 1 atom stereocenters. The van der Waals surface area contributed by atoms with E-state index in [0.29, 0.717) is 6.04 Å². The van der Waals surface area contributed by atoms with Crippen LogP contribution in [0.5, 0.6) is 0 Å². The summed E-state index contributed by atoms with van der Waals surface area (Å²) < 4.78 is 0. The van der Waals surface area contributed by atoms with Gasteiger partial charge in [-0.15, -0.1) is 0 Å². The SMILES string of the molecule is CN(C1=NCCN1)C1CCCNCC1. The van der Waals surface area contributed by atoms with Crippen molar-refractivity contribution in [2.24, 2.45) is 4.99 Å². The molecule has 2 aliphatic heterocycles. The molecule has 0 spiro atoms. The molecule has 0 bridgehead atoms. The fourth-order valence-electron chi connectivity index (χ4n) is 2.18. The van der Waals surface area contributed by atoms with Crippen molar-refractivity contribution in [3.05, 3.63) is 0 Å². The predicted octanol–water partition coefficient (Wildman–Crippen LogP) is 0.0195. The minimum Gasteiger partial charge on any atom is -0.354 e. The molecule has 4 nitrogen and oxygen atoms in total. The summed E-state index contributed by atoms with van der Waals surface area (Å²) in [5.74, 6) is 1.09. The average Bonchev–Trinajstić information content (AvgIpc) is 2.59. The number of nitrogens with one attached hydrogen (secondary N) is 2. The Morgan fingerprint density at radius 3 is 3.00 bits per heavy atom. The van der Waals surface area contributed by atoms with Crippen molar-refractivity contribution in [2.45, 2.75) is 25.3 Å². The summed E-state index contributed by atoms with van der Waals surface area (Å²) in [5, 5.41) is 6.77. The van der Waals surface area contributed by atoms with Crippen LogP contribution in [0.25, 0.3) is 0 Å². The zero-order chi connectivity index (χ0) is 9.80. The van der Waals surface area contributed by atoms with Crippen molar-refractivity contribution < 1.29 is 0 Å². The summed E-state index contributed by atoms with van der Waals surface area (Å²) in [6.07, 6.45) is 3.80. The van der Waals surface area contributed by atoms with Gasteiger partial charge in [-0.25, -0.2) is 0 Å². The molecule has 80 valence electrons. The first-order chi connectivity index (χ1) is 6.88. The van der Waals surface area contributed by atoms with E-state index in [2.05, 4.69) is 27.6 Å². The molecule has 0 aromatic rings. The monoisotopic (exact) mass is 196 g/mol. The number of hydrogen-bond acceptors (Lipinski definition) is 4. The van der Waals surface area contributed by atoms with E-state index in [-0.39, 0.29) is 0 Å². The average molecular weight is 196 g/mol. The topological polar surface area (TPSA) is 39.7 Å². The van der Waals surface area contributed by atoms with Crippen LogP contribution in [0.4, 0.5) is 0 Å². The second kappa shape index (κ2) is 4.64. The van der Waals surface area contributed by atoms with Crippen molar-refractivity contribution in [3.8, 4) is 0 Å². The van der Waals surface area contributed by atoms with Gasteiger partial charge in [0.1, 0.15) is 0 Å². The zero-order valence-electron chi connectivity index (χ0n) is 8.92. The molecule has 0 aliphatic carbocycles. The molecular formula is C10H20N4. The minimum absolute atomic E-state index is 0.661. The van der Waals surface area contributed by atoms with Crippen molar-refractivity contribution >= 4 is 5.96 Å². The quantitative estimate of drug-likeness (QED) is 0.621. The van der Waals surface area contributed by atoms with E-state index >= 15 is 0 Å². The van der Waals surface area contributed by atoms with E-state index in [1.54, 1.807) is 0 Å². The highest BCUT2D eigenvalue weighted by atomic mass is 15.3. The van der Waals surface area contributed by atoms with Gasteiger partial charge in [-0.05, 0) is 32.4 Å². The van der Waals surface area contributed by atoms with E-state index in [9.17, 15) is 0 Å². The Hall–Kier alpha value is -0.770. The molecular weight excluding hydrogens is 176 g/mol. The Morgan fingerprint density at radius 2 is 2.21 bits per heavy atom. The summed E-state index contributed by atoms with van der Waals surface area (Å²) >= 11 is 0. The van der Waals surface area contributed by atoms with Crippen molar-refractivity contribution in [1.82, 2.24) is 15.5 Å². The number of rotatable bonds is 1. The summed E-state index contributed by atoms with van der Waals surface area (Å²) in [4.78, 5) is 6.77. The molecule has 2 rings (SSSR count). The third-order valence-electron chi connectivity index (χ3n) is 3.08. The zero-order valence-corrected chi connectivity index (χ0v) is 8.92. The summed E-state index contributed by atoms with van der Waals surface area (Å²) in [5.41, 5.74) is 0. The second-order valence-electron chi connectivity index (χ2n) is 4.08. The van der Waals surface area contributed by atoms with Gasteiger partial charge in [0.05, 0.1) is 6.54 Å². The fraction of sp³-hybridized carbons (Fsp3) is 0.900. The van der Waals surface area contributed by atoms with Crippen LogP contribution in [-0.2, 0) is 0 Å². The lowest BCUT2D eigenvalue weighted by molar-refractivity contribution is 0.329. The third kappa shape index (κ3) is 2.18. The van der Waals surface area contributed by atoms with Crippen LogP contribution in [0.15, 0.2) is 4.99 Å². The molecule has 2 aliphatic rings. The molecule has 1 unspecified atom stereocenters. The highest BCUT2D eigenvalue weighted by molar-refractivity contribution is 5.81. The maximum absolute atomic E-state index is 4.45. The Bertz CT molecular complexity index is 206. The molecule has 0 aromatic heterocycles. The Kier molecular flexibility index (Phi) is 3.24. The predicted molar refractivity (Wildman–Crippen MR) is 58.6 cm³/mol. The van der Waals surface area contributed by atoms with Crippen LogP contribution in [0.1, 0.15) is 19.3 Å². The molecule has 0 aromatic carbocycles. The van der Waals surface area contributed by atoms with Crippen molar-refractivity contribution in [1.29, 1.82) is 0 Å². The van der Waals surface area contributed by atoms with E-state index in [1.807, 2.05) is 0 Å². The van der Waals surface area contributed by atoms with Crippen LogP contribution in [0.3, 0.4) is 0 Å². The normalized spacial score (nSPS) is 27.8. The van der Waals surface area contributed by atoms with E-state index in [0.717, 1.165) is 25.6 Å². The lowest BCUT2D eigenvalue weighted by atomic mass is 10.1. The van der Waals surface area contributed by atoms with E-state index in [1.165, 1.54) is 25.8 Å². The van der Waals surface area contributed by atoms with Gasteiger partial charge in [-0.1, -0.05) is 0 Å². The maximum Gasteiger partial charge on any atom is 0.194 e. The first-order valence-corrected chi connectivity index (χ1v) is 5.60. The van der Waals surface area contributed by atoms with Crippen LogP contribution in [0.2, 0.25) is 0 Å². The van der Waals surface area contributed by atoms with Gasteiger partial charge in [-0.3, -0.25) is 4.99 Å². The van der Waals surface area contributed by atoms with Crippen molar-refractivity contribution in [2.75, 3.05) is 33.2 Å². The van der Waals surface area contributed by atoms with E-state index < -0.39 is 0 Å². The largest absolute Gasteiger partial charge is 0.354 e. The van der Waals surface area contributed by atoms with Crippen LogP contribution < -0.4 is 10.6 Å². The number of hydrogen-bond donors (Lipinski definition) is 2. The summed E-state index contributed by atoms with van der Waals surface area (Å²) in [6, 6.07) is 0.661. The molecule has 2 heterocycles. The van der Waals surface area contributed by atoms with Gasteiger partial charge >= 0.3 is 0 Å². The Labute approximate surface area is 85.8 Å².